The van der Waals surface area contributed by atoms with Gasteiger partial charge in [-0.3, -0.25) is 0 Å². The van der Waals surface area contributed by atoms with Crippen LogP contribution in [0.3, 0.4) is 0 Å². The van der Waals surface area contributed by atoms with E-state index in [-0.39, 0.29) is 0 Å². The first-order chi connectivity index (χ1) is 23.8. The van der Waals surface area contributed by atoms with E-state index in [1.807, 2.05) is 23.9 Å². The van der Waals surface area contributed by atoms with Crippen LogP contribution < -0.4 is 0 Å². The largest absolute Gasteiger partial charge is 0.228 e. The van der Waals surface area contributed by atoms with Crippen LogP contribution in [-0.4, -0.2) is 9.97 Å². The standard InChI is InChI=1S/C45H28N2S/c1-2-13-29(14-3-1)43-35-19-6-10-23-40(35)46-44(47-43)32-16-12-15-30(27-32)31-25-26-42-39(28-31)45(38-22-9-11-24-41(38)48-42)36-20-7-4-17-33(36)34-18-5-8-21-37(34)45/h1-28H. The van der Waals surface area contributed by atoms with Gasteiger partial charge in [0.25, 0.3) is 0 Å². The molecule has 0 N–H and O–H groups in total. The van der Waals surface area contributed by atoms with Crippen LogP contribution in [0, 0.1) is 0 Å². The third kappa shape index (κ3) is 3.95. The van der Waals surface area contributed by atoms with Gasteiger partial charge in [0.15, 0.2) is 5.82 Å². The van der Waals surface area contributed by atoms with Gasteiger partial charge < -0.3 is 0 Å². The monoisotopic (exact) mass is 628 g/mol. The summed E-state index contributed by atoms with van der Waals surface area (Å²) in [5.74, 6) is 0.729. The van der Waals surface area contributed by atoms with Gasteiger partial charge in [-0.15, -0.1) is 0 Å². The molecule has 0 amide bonds. The van der Waals surface area contributed by atoms with Crippen LogP contribution in [0.1, 0.15) is 22.3 Å². The Hall–Kier alpha value is -5.77. The lowest BCUT2D eigenvalue weighted by molar-refractivity contribution is 0.723. The molecule has 3 heteroatoms. The average Bonchev–Trinajstić information content (AvgIpc) is 3.45. The SMILES string of the molecule is c1ccc(-c2nc(-c3cccc(-c4ccc5c(c4)C4(c6ccccc6S5)c5ccccc5-c5ccccc54)c3)nc3ccccc23)cc1. The second-order valence-corrected chi connectivity index (χ2v) is 13.6. The minimum absolute atomic E-state index is 0.399. The van der Waals surface area contributed by atoms with Gasteiger partial charge in [0.2, 0.25) is 0 Å². The zero-order chi connectivity index (χ0) is 31.7. The molecular formula is C45H28N2S. The molecule has 2 nitrogen and oxygen atoms in total. The maximum atomic E-state index is 5.16. The van der Waals surface area contributed by atoms with Gasteiger partial charge in [-0.2, -0.15) is 0 Å². The van der Waals surface area contributed by atoms with E-state index in [1.165, 1.54) is 48.7 Å². The summed E-state index contributed by atoms with van der Waals surface area (Å²) < 4.78 is 0. The Balaban J connectivity index is 1.17. The third-order valence-electron chi connectivity index (χ3n) is 9.95. The Kier molecular flexibility index (Phi) is 6.06. The highest BCUT2D eigenvalue weighted by atomic mass is 32.2. The number of aromatic nitrogens is 2. The van der Waals surface area contributed by atoms with Crippen molar-refractivity contribution in [3.63, 3.8) is 0 Å². The molecule has 0 fully saturated rings. The lowest BCUT2D eigenvalue weighted by atomic mass is 9.67. The molecule has 0 saturated carbocycles. The smallest absolute Gasteiger partial charge is 0.160 e. The van der Waals surface area contributed by atoms with Gasteiger partial charge in [-0.25, -0.2) is 9.97 Å². The van der Waals surface area contributed by atoms with E-state index in [0.717, 1.165) is 39.1 Å². The van der Waals surface area contributed by atoms with E-state index in [0.29, 0.717) is 0 Å². The zero-order valence-electron chi connectivity index (χ0n) is 26.0. The lowest BCUT2D eigenvalue weighted by Gasteiger charge is -2.40. The first kappa shape index (κ1) is 27.4. The van der Waals surface area contributed by atoms with Crippen LogP contribution >= 0.6 is 11.8 Å². The molecule has 0 saturated heterocycles. The number of fused-ring (bicyclic) bond motifs is 10. The lowest BCUT2D eigenvalue weighted by Crippen LogP contribution is -2.32. The van der Waals surface area contributed by atoms with Crippen LogP contribution in [0.2, 0.25) is 0 Å². The van der Waals surface area contributed by atoms with Gasteiger partial charge >= 0.3 is 0 Å². The fourth-order valence-electron chi connectivity index (χ4n) is 7.90. The summed E-state index contributed by atoms with van der Waals surface area (Å²) in [7, 11) is 0. The molecule has 7 aromatic carbocycles. The van der Waals surface area contributed by atoms with Gasteiger partial charge in [0, 0.05) is 26.3 Å². The fraction of sp³-hybridized carbons (Fsp3) is 0.0222. The minimum atomic E-state index is -0.399. The first-order valence-electron chi connectivity index (χ1n) is 16.3. The fourth-order valence-corrected chi connectivity index (χ4v) is 9.07. The predicted molar refractivity (Wildman–Crippen MR) is 197 cm³/mol. The molecule has 1 spiro atoms. The number of hydrogen-bond donors (Lipinski definition) is 0. The summed E-state index contributed by atoms with van der Waals surface area (Å²) in [6.07, 6.45) is 0. The molecule has 2 heterocycles. The quantitative estimate of drug-likeness (QED) is 0.195. The maximum Gasteiger partial charge on any atom is 0.160 e. The van der Waals surface area contributed by atoms with Crippen molar-refractivity contribution in [2.75, 3.05) is 0 Å². The first-order valence-corrected chi connectivity index (χ1v) is 17.1. The zero-order valence-corrected chi connectivity index (χ0v) is 26.8. The Morgan fingerprint density at radius 1 is 0.396 bits per heavy atom. The van der Waals surface area contributed by atoms with Crippen molar-refractivity contribution in [1.29, 1.82) is 0 Å². The summed E-state index contributed by atoms with van der Waals surface area (Å²) >= 11 is 1.88. The molecular weight excluding hydrogens is 601 g/mol. The van der Waals surface area contributed by atoms with E-state index in [1.54, 1.807) is 0 Å². The summed E-state index contributed by atoms with van der Waals surface area (Å²) in [6.45, 7) is 0. The predicted octanol–water partition coefficient (Wildman–Crippen LogP) is 11.5. The summed E-state index contributed by atoms with van der Waals surface area (Å²) in [4.78, 5) is 12.8. The van der Waals surface area contributed by atoms with Gasteiger partial charge in [-0.05, 0) is 74.8 Å². The number of benzene rings is 7. The van der Waals surface area contributed by atoms with Crippen molar-refractivity contribution in [2.45, 2.75) is 15.2 Å². The highest BCUT2D eigenvalue weighted by molar-refractivity contribution is 7.99. The van der Waals surface area contributed by atoms with Crippen LogP contribution in [0.15, 0.2) is 180 Å². The average molecular weight is 629 g/mol. The molecule has 1 aromatic heterocycles. The second kappa shape index (κ2) is 10.6. The van der Waals surface area contributed by atoms with Crippen molar-refractivity contribution >= 4 is 22.7 Å². The Morgan fingerprint density at radius 3 is 1.81 bits per heavy atom. The molecule has 8 aromatic rings. The second-order valence-electron chi connectivity index (χ2n) is 12.5. The third-order valence-corrected chi connectivity index (χ3v) is 11.1. The number of hydrogen-bond acceptors (Lipinski definition) is 3. The van der Waals surface area contributed by atoms with Crippen molar-refractivity contribution in [1.82, 2.24) is 9.97 Å². The van der Waals surface area contributed by atoms with Crippen molar-refractivity contribution in [3.8, 4) is 44.9 Å². The topological polar surface area (TPSA) is 25.8 Å². The summed E-state index contributed by atoms with van der Waals surface area (Å²) in [5.41, 5.74) is 13.9. The number of para-hydroxylation sites is 1. The summed E-state index contributed by atoms with van der Waals surface area (Å²) in [5, 5.41) is 1.05. The van der Waals surface area contributed by atoms with Crippen LogP contribution in [0.4, 0.5) is 0 Å². The van der Waals surface area contributed by atoms with Crippen LogP contribution in [0.5, 0.6) is 0 Å². The minimum Gasteiger partial charge on any atom is -0.228 e. The normalized spacial score (nSPS) is 13.5. The molecule has 0 radical (unpaired) electrons. The number of rotatable bonds is 3. The van der Waals surface area contributed by atoms with E-state index < -0.39 is 5.41 Å². The van der Waals surface area contributed by atoms with Crippen molar-refractivity contribution in [2.24, 2.45) is 0 Å². The van der Waals surface area contributed by atoms with E-state index >= 15 is 0 Å². The highest BCUT2D eigenvalue weighted by Crippen LogP contribution is 2.62. The maximum absolute atomic E-state index is 5.16. The van der Waals surface area contributed by atoms with Crippen molar-refractivity contribution < 1.29 is 0 Å². The number of nitrogens with zero attached hydrogens (tertiary/aromatic N) is 2. The van der Waals surface area contributed by atoms with Crippen LogP contribution in [0.25, 0.3) is 55.8 Å². The molecule has 224 valence electrons. The Labute approximate surface area is 283 Å². The van der Waals surface area contributed by atoms with Crippen LogP contribution in [-0.2, 0) is 5.41 Å². The molecule has 48 heavy (non-hydrogen) atoms. The molecule has 0 unspecified atom stereocenters. The molecule has 1 aliphatic carbocycles. The highest BCUT2D eigenvalue weighted by Gasteiger charge is 2.50. The van der Waals surface area contributed by atoms with Gasteiger partial charge in [-0.1, -0.05) is 151 Å². The van der Waals surface area contributed by atoms with E-state index in [4.69, 9.17) is 9.97 Å². The summed E-state index contributed by atoms with van der Waals surface area (Å²) in [6, 6.07) is 61.3. The molecule has 0 bridgehead atoms. The van der Waals surface area contributed by atoms with Gasteiger partial charge in [0.1, 0.15) is 0 Å². The molecule has 10 rings (SSSR count). The molecule has 0 atom stereocenters. The Bertz CT molecular complexity index is 2510. The van der Waals surface area contributed by atoms with Gasteiger partial charge in [0.05, 0.1) is 16.6 Å². The molecule has 2 aliphatic rings. The molecule has 1 aliphatic heterocycles. The van der Waals surface area contributed by atoms with E-state index in [9.17, 15) is 0 Å². The van der Waals surface area contributed by atoms with Crippen molar-refractivity contribution in [3.05, 3.63) is 192 Å². The Morgan fingerprint density at radius 2 is 1.00 bits per heavy atom. The van der Waals surface area contributed by atoms with E-state index in [2.05, 4.69) is 158 Å².